The first kappa shape index (κ1) is 14.4. The van der Waals surface area contributed by atoms with E-state index in [2.05, 4.69) is 18.7 Å². The highest BCUT2D eigenvalue weighted by molar-refractivity contribution is 5.72. The number of methoxy groups -OCH3 is 1. The second kappa shape index (κ2) is 6.80. The van der Waals surface area contributed by atoms with Gasteiger partial charge in [0, 0.05) is 18.6 Å². The van der Waals surface area contributed by atoms with Gasteiger partial charge in [-0.1, -0.05) is 6.92 Å². The molecule has 0 fully saturated rings. The molecule has 0 saturated carbocycles. The van der Waals surface area contributed by atoms with Crippen LogP contribution >= 0.6 is 0 Å². The van der Waals surface area contributed by atoms with Crippen LogP contribution < -0.4 is 0 Å². The van der Waals surface area contributed by atoms with Crippen LogP contribution in [-0.2, 0) is 9.53 Å². The molecule has 0 aromatic heterocycles. The van der Waals surface area contributed by atoms with Crippen molar-refractivity contribution in [3.8, 4) is 0 Å². The van der Waals surface area contributed by atoms with E-state index in [9.17, 15) is 4.79 Å². The molecule has 2 atom stereocenters. The van der Waals surface area contributed by atoms with E-state index in [-0.39, 0.29) is 24.5 Å². The quantitative estimate of drug-likeness (QED) is 0.671. The summed E-state index contributed by atoms with van der Waals surface area (Å²) in [6, 6.07) is 0.379. The highest BCUT2D eigenvalue weighted by Crippen LogP contribution is 2.14. The van der Waals surface area contributed by atoms with Gasteiger partial charge >= 0.3 is 5.97 Å². The van der Waals surface area contributed by atoms with Gasteiger partial charge in [-0.3, -0.25) is 9.69 Å². The SMILES string of the molecule is COC(=O)C(C)C(C)N(CCO)C(C)C. The van der Waals surface area contributed by atoms with Gasteiger partial charge in [0.25, 0.3) is 0 Å². The van der Waals surface area contributed by atoms with Crippen molar-refractivity contribution in [3.63, 3.8) is 0 Å². The summed E-state index contributed by atoms with van der Waals surface area (Å²) in [5, 5.41) is 8.95. The van der Waals surface area contributed by atoms with E-state index in [0.29, 0.717) is 12.6 Å². The molecule has 0 rings (SSSR count). The number of hydrogen-bond donors (Lipinski definition) is 1. The van der Waals surface area contributed by atoms with Crippen LogP contribution in [0.15, 0.2) is 0 Å². The summed E-state index contributed by atoms with van der Waals surface area (Å²) < 4.78 is 4.71. The molecule has 0 aromatic carbocycles. The number of nitrogens with zero attached hydrogens (tertiary/aromatic N) is 1. The van der Waals surface area contributed by atoms with Crippen LogP contribution in [0.2, 0.25) is 0 Å². The lowest BCUT2D eigenvalue weighted by atomic mass is 10.0. The van der Waals surface area contributed by atoms with E-state index in [4.69, 9.17) is 9.84 Å². The number of esters is 1. The minimum absolute atomic E-state index is 0.0737. The number of hydrogen-bond acceptors (Lipinski definition) is 4. The molecule has 90 valence electrons. The molecule has 0 amide bonds. The maximum atomic E-state index is 11.4. The van der Waals surface area contributed by atoms with E-state index in [1.807, 2.05) is 13.8 Å². The Morgan fingerprint density at radius 1 is 1.33 bits per heavy atom. The number of aliphatic hydroxyl groups excluding tert-OH is 1. The molecular formula is C11H23NO3. The first-order chi connectivity index (χ1) is 6.95. The topological polar surface area (TPSA) is 49.8 Å². The van der Waals surface area contributed by atoms with Gasteiger partial charge in [-0.2, -0.15) is 0 Å². The van der Waals surface area contributed by atoms with Gasteiger partial charge in [-0.05, 0) is 20.8 Å². The van der Waals surface area contributed by atoms with Crippen molar-refractivity contribution >= 4 is 5.97 Å². The first-order valence-electron chi connectivity index (χ1n) is 5.40. The summed E-state index contributed by atoms with van der Waals surface area (Å²) in [4.78, 5) is 13.5. The first-order valence-corrected chi connectivity index (χ1v) is 5.40. The fourth-order valence-corrected chi connectivity index (χ4v) is 1.72. The molecule has 0 saturated heterocycles. The van der Waals surface area contributed by atoms with Crippen molar-refractivity contribution in [2.45, 2.75) is 39.8 Å². The smallest absolute Gasteiger partial charge is 0.309 e. The third-order valence-corrected chi connectivity index (χ3v) is 2.84. The van der Waals surface area contributed by atoms with Crippen LogP contribution in [0.5, 0.6) is 0 Å². The highest BCUT2D eigenvalue weighted by atomic mass is 16.5. The Kier molecular flexibility index (Phi) is 6.52. The number of aliphatic hydroxyl groups is 1. The molecule has 0 aliphatic carbocycles. The normalized spacial score (nSPS) is 15.5. The molecular weight excluding hydrogens is 194 g/mol. The van der Waals surface area contributed by atoms with Gasteiger partial charge in [0.15, 0.2) is 0 Å². The molecule has 0 aliphatic rings. The second-order valence-electron chi connectivity index (χ2n) is 4.11. The van der Waals surface area contributed by atoms with Crippen molar-refractivity contribution < 1.29 is 14.6 Å². The molecule has 0 radical (unpaired) electrons. The molecule has 1 N–H and O–H groups in total. The third-order valence-electron chi connectivity index (χ3n) is 2.84. The van der Waals surface area contributed by atoms with E-state index in [0.717, 1.165) is 0 Å². The number of carbonyl (C=O) groups is 1. The van der Waals surface area contributed by atoms with Gasteiger partial charge < -0.3 is 9.84 Å². The van der Waals surface area contributed by atoms with E-state index in [1.165, 1.54) is 7.11 Å². The van der Waals surface area contributed by atoms with Gasteiger partial charge in [-0.25, -0.2) is 0 Å². The molecule has 0 spiro atoms. The van der Waals surface area contributed by atoms with Crippen LogP contribution in [0, 0.1) is 5.92 Å². The van der Waals surface area contributed by atoms with Crippen molar-refractivity contribution in [2.75, 3.05) is 20.3 Å². The van der Waals surface area contributed by atoms with Crippen molar-refractivity contribution in [1.29, 1.82) is 0 Å². The Morgan fingerprint density at radius 3 is 2.20 bits per heavy atom. The summed E-state index contributed by atoms with van der Waals surface area (Å²) in [6.07, 6.45) is 0. The average Bonchev–Trinajstić information content (AvgIpc) is 2.22. The summed E-state index contributed by atoms with van der Waals surface area (Å²) in [5.74, 6) is -0.380. The zero-order valence-corrected chi connectivity index (χ0v) is 10.4. The molecule has 0 aliphatic heterocycles. The zero-order valence-electron chi connectivity index (χ0n) is 10.4. The van der Waals surface area contributed by atoms with Gasteiger partial charge in [-0.15, -0.1) is 0 Å². The van der Waals surface area contributed by atoms with Crippen LogP contribution in [0.25, 0.3) is 0 Å². The average molecular weight is 217 g/mol. The van der Waals surface area contributed by atoms with Crippen LogP contribution in [0.1, 0.15) is 27.7 Å². The molecule has 0 heterocycles. The number of carbonyl (C=O) groups excluding carboxylic acids is 1. The zero-order chi connectivity index (χ0) is 12.0. The third kappa shape index (κ3) is 4.18. The Balaban J connectivity index is 4.47. The maximum absolute atomic E-state index is 11.4. The van der Waals surface area contributed by atoms with Crippen LogP contribution in [-0.4, -0.2) is 48.3 Å². The fourth-order valence-electron chi connectivity index (χ4n) is 1.72. The number of ether oxygens (including phenoxy) is 1. The fraction of sp³-hybridized carbons (Fsp3) is 0.909. The predicted octanol–water partition coefficient (Wildman–Crippen LogP) is 0.887. The Hall–Kier alpha value is -0.610. The van der Waals surface area contributed by atoms with Gasteiger partial charge in [0.2, 0.25) is 0 Å². The molecule has 0 aromatic rings. The van der Waals surface area contributed by atoms with Crippen molar-refractivity contribution in [2.24, 2.45) is 5.92 Å². The lowest BCUT2D eigenvalue weighted by molar-refractivity contribution is -0.147. The second-order valence-corrected chi connectivity index (χ2v) is 4.11. The van der Waals surface area contributed by atoms with E-state index in [1.54, 1.807) is 0 Å². The largest absolute Gasteiger partial charge is 0.469 e. The molecule has 2 unspecified atom stereocenters. The molecule has 4 nitrogen and oxygen atoms in total. The summed E-state index contributed by atoms with van der Waals surface area (Å²) in [7, 11) is 1.40. The van der Waals surface area contributed by atoms with E-state index < -0.39 is 0 Å². The minimum Gasteiger partial charge on any atom is -0.469 e. The molecule has 0 bridgehead atoms. The predicted molar refractivity (Wildman–Crippen MR) is 59.6 cm³/mol. The van der Waals surface area contributed by atoms with Crippen molar-refractivity contribution in [3.05, 3.63) is 0 Å². The summed E-state index contributed by atoms with van der Waals surface area (Å²) in [6.45, 7) is 8.63. The summed E-state index contributed by atoms with van der Waals surface area (Å²) in [5.41, 5.74) is 0. The van der Waals surface area contributed by atoms with Gasteiger partial charge in [0.1, 0.15) is 0 Å². The van der Waals surface area contributed by atoms with Crippen LogP contribution in [0.4, 0.5) is 0 Å². The van der Waals surface area contributed by atoms with Gasteiger partial charge in [0.05, 0.1) is 19.6 Å². The Bertz CT molecular complexity index is 194. The van der Waals surface area contributed by atoms with Crippen LogP contribution in [0.3, 0.4) is 0 Å². The lowest BCUT2D eigenvalue weighted by Gasteiger charge is -2.34. The standard InChI is InChI=1S/C11H23NO3/c1-8(2)12(6-7-13)10(4)9(3)11(14)15-5/h8-10,13H,6-7H2,1-5H3. The Morgan fingerprint density at radius 2 is 1.87 bits per heavy atom. The van der Waals surface area contributed by atoms with Crippen molar-refractivity contribution in [1.82, 2.24) is 4.90 Å². The monoisotopic (exact) mass is 217 g/mol. The summed E-state index contributed by atoms with van der Waals surface area (Å²) >= 11 is 0. The number of rotatable bonds is 6. The molecule has 15 heavy (non-hydrogen) atoms. The Labute approximate surface area is 92.2 Å². The lowest BCUT2D eigenvalue weighted by Crippen LogP contribution is -2.46. The highest BCUT2D eigenvalue weighted by Gasteiger charge is 2.27. The van der Waals surface area contributed by atoms with E-state index >= 15 is 0 Å². The molecule has 4 heteroatoms. The minimum atomic E-state index is -0.203. The maximum Gasteiger partial charge on any atom is 0.309 e.